The standard InChI is InChI=1S/C9H16/c1-4-8-6-9(5-2)7(8)3/h6-8H,4-5H2,1-3H3. The van der Waals surface area contributed by atoms with Crippen molar-refractivity contribution in [2.24, 2.45) is 11.8 Å². The molecule has 2 atom stereocenters. The summed E-state index contributed by atoms with van der Waals surface area (Å²) in [4.78, 5) is 0. The minimum absolute atomic E-state index is 0.889. The first kappa shape index (κ1) is 6.85. The van der Waals surface area contributed by atoms with Crippen molar-refractivity contribution in [3.63, 3.8) is 0 Å². The van der Waals surface area contributed by atoms with Crippen LogP contribution in [0, 0.1) is 11.8 Å². The summed E-state index contributed by atoms with van der Waals surface area (Å²) in [6, 6.07) is 0. The number of hydrogen-bond donors (Lipinski definition) is 0. The maximum Gasteiger partial charge on any atom is -0.0169 e. The molecule has 52 valence electrons. The largest absolute Gasteiger partial charge is 0.0814 e. The fraction of sp³-hybridized carbons (Fsp3) is 0.778. The summed E-state index contributed by atoms with van der Waals surface area (Å²) in [6.07, 6.45) is 5.02. The Kier molecular flexibility index (Phi) is 1.94. The summed E-state index contributed by atoms with van der Waals surface area (Å²) in [5, 5.41) is 0. The molecular formula is C9H16. The summed E-state index contributed by atoms with van der Waals surface area (Å²) in [6.45, 7) is 6.85. The van der Waals surface area contributed by atoms with E-state index in [-0.39, 0.29) is 0 Å². The first-order valence-corrected chi connectivity index (χ1v) is 4.00. The average Bonchev–Trinajstić information content (AvgIpc) is 1.87. The third-order valence-corrected chi connectivity index (χ3v) is 2.53. The van der Waals surface area contributed by atoms with E-state index < -0.39 is 0 Å². The van der Waals surface area contributed by atoms with Crippen molar-refractivity contribution in [3.8, 4) is 0 Å². The van der Waals surface area contributed by atoms with Crippen molar-refractivity contribution in [3.05, 3.63) is 11.6 Å². The van der Waals surface area contributed by atoms with E-state index in [1.54, 1.807) is 5.57 Å². The first-order valence-electron chi connectivity index (χ1n) is 4.00. The van der Waals surface area contributed by atoms with Crippen LogP contribution in [0.4, 0.5) is 0 Å². The van der Waals surface area contributed by atoms with E-state index in [1.165, 1.54) is 12.8 Å². The summed E-state index contributed by atoms with van der Waals surface area (Å²) >= 11 is 0. The lowest BCUT2D eigenvalue weighted by Gasteiger charge is -2.32. The molecule has 0 nitrogen and oxygen atoms in total. The molecule has 0 aromatic rings. The molecule has 0 saturated heterocycles. The normalized spacial score (nSPS) is 33.4. The molecule has 0 aromatic carbocycles. The Morgan fingerprint density at radius 2 is 2.11 bits per heavy atom. The minimum Gasteiger partial charge on any atom is -0.0814 e. The van der Waals surface area contributed by atoms with Crippen LogP contribution in [0.15, 0.2) is 11.6 Å². The van der Waals surface area contributed by atoms with E-state index in [0.717, 1.165) is 11.8 Å². The van der Waals surface area contributed by atoms with E-state index in [0.29, 0.717) is 0 Å². The van der Waals surface area contributed by atoms with Gasteiger partial charge in [-0.1, -0.05) is 32.4 Å². The molecule has 1 aliphatic carbocycles. The molecule has 0 heterocycles. The topological polar surface area (TPSA) is 0 Å². The Labute approximate surface area is 58.0 Å². The van der Waals surface area contributed by atoms with Gasteiger partial charge in [0.1, 0.15) is 0 Å². The third-order valence-electron chi connectivity index (χ3n) is 2.53. The monoisotopic (exact) mass is 124 g/mol. The molecule has 0 aromatic heterocycles. The van der Waals surface area contributed by atoms with E-state index in [2.05, 4.69) is 26.8 Å². The van der Waals surface area contributed by atoms with E-state index >= 15 is 0 Å². The van der Waals surface area contributed by atoms with Crippen molar-refractivity contribution in [1.29, 1.82) is 0 Å². The SMILES string of the molecule is CCC1=CC(CC)C1C. The van der Waals surface area contributed by atoms with Gasteiger partial charge in [0.25, 0.3) is 0 Å². The van der Waals surface area contributed by atoms with E-state index in [9.17, 15) is 0 Å². The zero-order chi connectivity index (χ0) is 6.85. The molecule has 0 amide bonds. The molecule has 0 heteroatoms. The second-order valence-electron chi connectivity index (χ2n) is 2.96. The predicted molar refractivity (Wildman–Crippen MR) is 41.3 cm³/mol. The zero-order valence-electron chi connectivity index (χ0n) is 6.65. The Hall–Kier alpha value is -0.260. The molecule has 0 fully saturated rings. The van der Waals surface area contributed by atoms with Crippen LogP contribution in [0.5, 0.6) is 0 Å². The van der Waals surface area contributed by atoms with Gasteiger partial charge in [0.2, 0.25) is 0 Å². The summed E-state index contributed by atoms with van der Waals surface area (Å²) in [7, 11) is 0. The Balaban J connectivity index is 2.45. The van der Waals surface area contributed by atoms with Gasteiger partial charge in [0.05, 0.1) is 0 Å². The van der Waals surface area contributed by atoms with Crippen LogP contribution < -0.4 is 0 Å². The lowest BCUT2D eigenvalue weighted by Crippen LogP contribution is -2.20. The Morgan fingerprint density at radius 1 is 1.44 bits per heavy atom. The predicted octanol–water partition coefficient (Wildman–Crippen LogP) is 3.00. The van der Waals surface area contributed by atoms with E-state index in [4.69, 9.17) is 0 Å². The van der Waals surface area contributed by atoms with Gasteiger partial charge in [-0.15, -0.1) is 0 Å². The van der Waals surface area contributed by atoms with Crippen LogP contribution in [0.2, 0.25) is 0 Å². The van der Waals surface area contributed by atoms with Gasteiger partial charge in [0.15, 0.2) is 0 Å². The van der Waals surface area contributed by atoms with Gasteiger partial charge in [-0.05, 0) is 24.7 Å². The quantitative estimate of drug-likeness (QED) is 0.496. The highest BCUT2D eigenvalue weighted by atomic mass is 14.3. The Morgan fingerprint density at radius 3 is 2.44 bits per heavy atom. The van der Waals surface area contributed by atoms with Crippen molar-refractivity contribution in [2.45, 2.75) is 33.6 Å². The first-order chi connectivity index (χ1) is 4.29. The average molecular weight is 124 g/mol. The third kappa shape index (κ3) is 1.03. The Bertz CT molecular complexity index is 122. The summed E-state index contributed by atoms with van der Waals surface area (Å²) in [5.41, 5.74) is 1.67. The maximum absolute atomic E-state index is 2.44. The fourth-order valence-electron chi connectivity index (χ4n) is 1.64. The molecule has 0 radical (unpaired) electrons. The maximum atomic E-state index is 2.44. The molecule has 1 rings (SSSR count). The lowest BCUT2D eigenvalue weighted by atomic mass is 9.73. The van der Waals surface area contributed by atoms with Gasteiger partial charge in [-0.25, -0.2) is 0 Å². The molecule has 0 aliphatic heterocycles. The van der Waals surface area contributed by atoms with Crippen LogP contribution in [-0.2, 0) is 0 Å². The lowest BCUT2D eigenvalue weighted by molar-refractivity contribution is 0.404. The molecule has 0 saturated carbocycles. The number of allylic oxidation sites excluding steroid dienone is 2. The highest BCUT2D eigenvalue weighted by molar-refractivity contribution is 5.20. The van der Waals surface area contributed by atoms with Crippen molar-refractivity contribution < 1.29 is 0 Å². The summed E-state index contributed by atoms with van der Waals surface area (Å²) in [5.74, 6) is 1.79. The van der Waals surface area contributed by atoms with Gasteiger partial charge < -0.3 is 0 Å². The van der Waals surface area contributed by atoms with Gasteiger partial charge in [-0.2, -0.15) is 0 Å². The van der Waals surface area contributed by atoms with E-state index in [1.807, 2.05) is 0 Å². The second-order valence-corrected chi connectivity index (χ2v) is 2.96. The second kappa shape index (κ2) is 2.55. The van der Waals surface area contributed by atoms with Crippen molar-refractivity contribution in [1.82, 2.24) is 0 Å². The molecule has 9 heavy (non-hydrogen) atoms. The van der Waals surface area contributed by atoms with Crippen LogP contribution >= 0.6 is 0 Å². The minimum atomic E-state index is 0.889. The van der Waals surface area contributed by atoms with Gasteiger partial charge in [-0.3, -0.25) is 0 Å². The van der Waals surface area contributed by atoms with Crippen LogP contribution in [-0.4, -0.2) is 0 Å². The highest BCUT2D eigenvalue weighted by Gasteiger charge is 2.24. The van der Waals surface area contributed by atoms with Crippen LogP contribution in [0.25, 0.3) is 0 Å². The number of rotatable bonds is 2. The van der Waals surface area contributed by atoms with Crippen molar-refractivity contribution in [2.75, 3.05) is 0 Å². The van der Waals surface area contributed by atoms with Crippen LogP contribution in [0.1, 0.15) is 33.6 Å². The molecule has 1 aliphatic rings. The van der Waals surface area contributed by atoms with Gasteiger partial charge >= 0.3 is 0 Å². The van der Waals surface area contributed by atoms with Gasteiger partial charge in [0, 0.05) is 0 Å². The molecule has 0 bridgehead atoms. The fourth-order valence-corrected chi connectivity index (χ4v) is 1.64. The summed E-state index contributed by atoms with van der Waals surface area (Å²) < 4.78 is 0. The molecular weight excluding hydrogens is 108 g/mol. The van der Waals surface area contributed by atoms with Crippen LogP contribution in [0.3, 0.4) is 0 Å². The molecule has 2 unspecified atom stereocenters. The molecule has 0 spiro atoms. The zero-order valence-corrected chi connectivity index (χ0v) is 6.65. The molecule has 0 N–H and O–H groups in total. The number of hydrogen-bond acceptors (Lipinski definition) is 0. The highest BCUT2D eigenvalue weighted by Crippen LogP contribution is 2.36. The van der Waals surface area contributed by atoms with Crippen molar-refractivity contribution >= 4 is 0 Å². The smallest absolute Gasteiger partial charge is 0.0169 e.